The van der Waals surface area contributed by atoms with Crippen molar-refractivity contribution < 1.29 is 9.53 Å². The Balaban J connectivity index is 1.61. The number of hydrogen-bond acceptors (Lipinski definition) is 3. The Bertz CT molecular complexity index is 1120. The maximum absolute atomic E-state index is 12.8. The molecular weight excluding hydrogens is 360 g/mol. The molecule has 0 bridgehead atoms. The lowest BCUT2D eigenvalue weighted by atomic mass is 10.00. The third kappa shape index (κ3) is 4.20. The minimum absolute atomic E-state index is 0.160. The maximum atomic E-state index is 12.8. The first-order chi connectivity index (χ1) is 14.1. The van der Waals surface area contributed by atoms with E-state index >= 15 is 0 Å². The molecule has 1 amide bonds. The molecule has 0 unspecified atom stereocenters. The smallest absolute Gasteiger partial charge is 0.251 e. The number of carbonyl (C=O) groups excluding carboxylic acids is 1. The van der Waals surface area contributed by atoms with Crippen LogP contribution >= 0.6 is 0 Å². The van der Waals surface area contributed by atoms with Crippen LogP contribution in [0.4, 0.5) is 5.69 Å². The minimum atomic E-state index is -0.160. The van der Waals surface area contributed by atoms with Crippen LogP contribution in [0.2, 0.25) is 0 Å². The van der Waals surface area contributed by atoms with E-state index in [1.807, 2.05) is 18.2 Å². The van der Waals surface area contributed by atoms with Crippen LogP contribution in [0.15, 0.2) is 72.3 Å². The van der Waals surface area contributed by atoms with Crippen molar-refractivity contribution >= 4 is 17.7 Å². The third-order valence-corrected chi connectivity index (χ3v) is 4.92. The monoisotopic (exact) mass is 380 g/mol. The van der Waals surface area contributed by atoms with Gasteiger partial charge in [-0.3, -0.25) is 4.79 Å². The van der Waals surface area contributed by atoms with Gasteiger partial charge in [-0.05, 0) is 60.5 Å². The van der Waals surface area contributed by atoms with Gasteiger partial charge in [0.15, 0.2) is 0 Å². The molecule has 29 heavy (non-hydrogen) atoms. The predicted octanol–water partition coefficient (Wildman–Crippen LogP) is 5.34. The van der Waals surface area contributed by atoms with Crippen LogP contribution in [0, 0.1) is 18.3 Å². The largest absolute Gasteiger partial charge is 0.493 e. The Morgan fingerprint density at radius 2 is 1.72 bits per heavy atom. The van der Waals surface area contributed by atoms with Gasteiger partial charge in [0, 0.05) is 23.2 Å². The molecule has 4 heteroatoms. The van der Waals surface area contributed by atoms with Gasteiger partial charge in [0.25, 0.3) is 5.91 Å². The second-order valence-electron chi connectivity index (χ2n) is 7.03. The fraction of sp³-hybridized carbons (Fsp3) is 0.120. The summed E-state index contributed by atoms with van der Waals surface area (Å²) in [4.78, 5) is 12.8. The summed E-state index contributed by atoms with van der Waals surface area (Å²) in [6.07, 6.45) is 2.43. The molecule has 0 saturated heterocycles. The molecule has 1 aliphatic rings. The molecule has 0 aromatic heterocycles. The zero-order chi connectivity index (χ0) is 20.2. The zero-order valence-electron chi connectivity index (χ0n) is 16.1. The molecule has 0 spiro atoms. The van der Waals surface area contributed by atoms with Crippen molar-refractivity contribution in [3.05, 3.63) is 89.0 Å². The highest BCUT2D eigenvalue weighted by Gasteiger charge is 2.16. The van der Waals surface area contributed by atoms with Crippen molar-refractivity contribution in [3.8, 4) is 22.9 Å². The topological polar surface area (TPSA) is 62.1 Å². The second kappa shape index (κ2) is 8.04. The normalized spacial score (nSPS) is 12.6. The molecule has 142 valence electrons. The molecule has 1 aliphatic heterocycles. The van der Waals surface area contributed by atoms with Gasteiger partial charge in [0.2, 0.25) is 0 Å². The predicted molar refractivity (Wildman–Crippen MR) is 114 cm³/mol. The van der Waals surface area contributed by atoms with Gasteiger partial charge in [-0.15, -0.1) is 0 Å². The van der Waals surface area contributed by atoms with Crippen LogP contribution in [0.5, 0.6) is 5.75 Å². The third-order valence-electron chi connectivity index (χ3n) is 4.92. The number of benzene rings is 3. The Morgan fingerprint density at radius 3 is 2.45 bits per heavy atom. The Kier molecular flexibility index (Phi) is 5.13. The zero-order valence-corrected chi connectivity index (χ0v) is 16.1. The molecule has 3 aromatic rings. The quantitative estimate of drug-likeness (QED) is 0.667. The Hall–Kier alpha value is -3.84. The number of carbonyl (C=O) groups is 1. The number of fused-ring (bicyclic) bond motifs is 1. The van der Waals surface area contributed by atoms with Crippen molar-refractivity contribution in [3.63, 3.8) is 0 Å². The lowest BCUT2D eigenvalue weighted by molar-refractivity contribution is -0.113. The van der Waals surface area contributed by atoms with Gasteiger partial charge in [-0.25, -0.2) is 0 Å². The number of nitriles is 1. The van der Waals surface area contributed by atoms with Crippen LogP contribution < -0.4 is 10.1 Å². The van der Waals surface area contributed by atoms with E-state index in [0.29, 0.717) is 29.9 Å². The summed E-state index contributed by atoms with van der Waals surface area (Å²) >= 11 is 0. The average Bonchev–Trinajstić information content (AvgIpc) is 2.97. The van der Waals surface area contributed by atoms with Crippen LogP contribution in [0.1, 0.15) is 23.1 Å². The average molecular weight is 380 g/mol. The van der Waals surface area contributed by atoms with Crippen LogP contribution in [-0.4, -0.2) is 12.5 Å². The van der Waals surface area contributed by atoms with Crippen molar-refractivity contribution in [2.24, 2.45) is 0 Å². The summed E-state index contributed by atoms with van der Waals surface area (Å²) in [7, 11) is 0. The molecule has 4 rings (SSSR count). The Morgan fingerprint density at radius 1 is 1.00 bits per heavy atom. The van der Waals surface area contributed by atoms with E-state index in [0.717, 1.165) is 22.4 Å². The molecule has 3 aromatic carbocycles. The van der Waals surface area contributed by atoms with Crippen molar-refractivity contribution in [2.75, 3.05) is 11.9 Å². The molecule has 0 atom stereocenters. The van der Waals surface area contributed by atoms with Crippen LogP contribution in [-0.2, 0) is 4.79 Å². The number of nitrogens with one attached hydrogen (secondary N) is 1. The highest BCUT2D eigenvalue weighted by atomic mass is 16.5. The molecule has 4 nitrogen and oxygen atoms in total. The van der Waals surface area contributed by atoms with Crippen LogP contribution in [0.25, 0.3) is 17.2 Å². The number of nitrogens with zero attached hydrogens (tertiary/aromatic N) is 1. The number of amides is 1. The lowest BCUT2D eigenvalue weighted by Crippen LogP contribution is -2.15. The second-order valence-corrected chi connectivity index (χ2v) is 7.03. The number of anilines is 1. The standard InChI is InChI=1S/C25H20N2O2/c1-17-2-6-19(7-3-17)20-8-11-24-22(14-20)15-21(12-13-29-24)25(28)27-23-9-4-18(16-26)5-10-23/h2-11,14-15H,12-13H2,1H3,(H,27,28). The van der Waals surface area contributed by atoms with E-state index in [4.69, 9.17) is 10.00 Å². The summed E-state index contributed by atoms with van der Waals surface area (Å²) in [5.74, 6) is 0.619. The molecular formula is C25H20N2O2. The Labute approximate surface area is 170 Å². The summed E-state index contributed by atoms with van der Waals surface area (Å²) in [5.41, 5.74) is 6.20. The van der Waals surface area contributed by atoms with E-state index < -0.39 is 0 Å². The molecule has 1 heterocycles. The summed E-state index contributed by atoms with van der Waals surface area (Å²) < 4.78 is 5.85. The van der Waals surface area contributed by atoms with E-state index in [9.17, 15) is 4.79 Å². The van der Waals surface area contributed by atoms with Crippen molar-refractivity contribution in [1.29, 1.82) is 5.26 Å². The number of rotatable bonds is 3. The van der Waals surface area contributed by atoms with E-state index in [-0.39, 0.29) is 5.91 Å². The highest BCUT2D eigenvalue weighted by Crippen LogP contribution is 2.31. The first-order valence-electron chi connectivity index (χ1n) is 9.48. The van der Waals surface area contributed by atoms with Gasteiger partial charge in [0.05, 0.1) is 18.2 Å². The molecule has 0 saturated carbocycles. The van der Waals surface area contributed by atoms with Gasteiger partial charge in [0.1, 0.15) is 5.75 Å². The van der Waals surface area contributed by atoms with Crippen molar-refractivity contribution in [2.45, 2.75) is 13.3 Å². The van der Waals surface area contributed by atoms with E-state index in [2.05, 4.69) is 48.6 Å². The van der Waals surface area contributed by atoms with Gasteiger partial charge < -0.3 is 10.1 Å². The van der Waals surface area contributed by atoms with Crippen molar-refractivity contribution in [1.82, 2.24) is 0 Å². The fourth-order valence-electron chi connectivity index (χ4n) is 3.27. The van der Waals surface area contributed by atoms with Crippen LogP contribution in [0.3, 0.4) is 0 Å². The van der Waals surface area contributed by atoms with E-state index in [1.165, 1.54) is 5.56 Å². The maximum Gasteiger partial charge on any atom is 0.251 e. The highest BCUT2D eigenvalue weighted by molar-refractivity contribution is 6.07. The SMILES string of the molecule is Cc1ccc(-c2ccc3c(c2)C=C(C(=O)Nc2ccc(C#N)cc2)CCO3)cc1. The molecule has 0 fully saturated rings. The summed E-state index contributed by atoms with van der Waals surface area (Å²) in [6.45, 7) is 2.51. The number of aryl methyl sites for hydroxylation is 1. The minimum Gasteiger partial charge on any atom is -0.493 e. The number of hydrogen-bond donors (Lipinski definition) is 1. The number of ether oxygens (including phenoxy) is 1. The van der Waals surface area contributed by atoms with Gasteiger partial charge in [-0.1, -0.05) is 35.9 Å². The molecule has 0 aliphatic carbocycles. The van der Waals surface area contributed by atoms with E-state index in [1.54, 1.807) is 24.3 Å². The fourth-order valence-corrected chi connectivity index (χ4v) is 3.27. The summed E-state index contributed by atoms with van der Waals surface area (Å²) in [6, 6.07) is 23.3. The first kappa shape index (κ1) is 18.5. The van der Waals surface area contributed by atoms with Gasteiger partial charge >= 0.3 is 0 Å². The molecule has 0 radical (unpaired) electrons. The molecule has 1 N–H and O–H groups in total. The first-order valence-corrected chi connectivity index (χ1v) is 9.48. The summed E-state index contributed by atoms with van der Waals surface area (Å²) in [5, 5.41) is 11.8. The van der Waals surface area contributed by atoms with Gasteiger partial charge in [-0.2, -0.15) is 5.26 Å². The lowest BCUT2D eigenvalue weighted by Gasteiger charge is -2.09.